The van der Waals surface area contributed by atoms with Crippen LogP contribution in [-0.2, 0) is 6.54 Å². The van der Waals surface area contributed by atoms with Crippen LogP contribution in [0.4, 0.5) is 0 Å². The fourth-order valence-corrected chi connectivity index (χ4v) is 7.25. The van der Waals surface area contributed by atoms with Crippen molar-refractivity contribution < 1.29 is 4.42 Å². The van der Waals surface area contributed by atoms with Gasteiger partial charge in [-0.3, -0.25) is 4.99 Å². The Morgan fingerprint density at radius 1 is 0.446 bits per heavy atom. The van der Waals surface area contributed by atoms with Gasteiger partial charge in [-0.1, -0.05) is 194 Å². The number of rotatable bonds is 8. The number of furan rings is 1. The monoisotopic (exact) mass is 719 g/mol. The van der Waals surface area contributed by atoms with Gasteiger partial charge in [0.05, 0.1) is 6.54 Å². The largest absolute Gasteiger partial charge is 0.455 e. The summed E-state index contributed by atoms with van der Waals surface area (Å²) in [6.45, 7) is 4.45. The van der Waals surface area contributed by atoms with Crippen molar-refractivity contribution in [1.82, 2.24) is 0 Å². The molecule has 9 aromatic rings. The maximum Gasteiger partial charge on any atom is 0.161 e. The Balaban J connectivity index is 1.11. The van der Waals surface area contributed by atoms with E-state index in [4.69, 9.17) is 14.4 Å². The Morgan fingerprint density at radius 3 is 1.52 bits per heavy atom. The van der Waals surface area contributed by atoms with Gasteiger partial charge in [0.15, 0.2) is 11.7 Å². The van der Waals surface area contributed by atoms with E-state index in [1.807, 2.05) is 36.4 Å². The van der Waals surface area contributed by atoms with Crippen LogP contribution in [0.15, 0.2) is 220 Å². The number of hydrogen-bond donors (Lipinski definition) is 0. The second kappa shape index (κ2) is 15.5. The number of benzene rings is 8. The van der Waals surface area contributed by atoms with Gasteiger partial charge in [0.1, 0.15) is 11.2 Å². The predicted molar refractivity (Wildman–Crippen MR) is 235 cm³/mol. The van der Waals surface area contributed by atoms with Crippen molar-refractivity contribution in [3.05, 3.63) is 217 Å². The second-order valence-corrected chi connectivity index (χ2v) is 13.6. The molecule has 0 spiro atoms. The highest BCUT2D eigenvalue weighted by molar-refractivity contribution is 6.23. The second-order valence-electron chi connectivity index (χ2n) is 13.6. The lowest BCUT2D eigenvalue weighted by molar-refractivity contribution is 0.670. The molecule has 0 aliphatic rings. The molecule has 0 amide bonds. The number of hydrogen-bond acceptors (Lipinski definition) is 2. The Hall–Kier alpha value is -7.43. The third kappa shape index (κ3) is 7.00. The van der Waals surface area contributed by atoms with E-state index in [1.54, 1.807) is 0 Å². The number of para-hydroxylation sites is 1. The van der Waals surface area contributed by atoms with Gasteiger partial charge in [0.25, 0.3) is 0 Å². The molecular weight excluding hydrogens is 683 g/mol. The van der Waals surface area contributed by atoms with Crippen molar-refractivity contribution in [2.45, 2.75) is 6.54 Å². The molecule has 0 aliphatic carbocycles. The lowest BCUT2D eigenvalue weighted by Crippen LogP contribution is -2.06. The molecule has 0 saturated carbocycles. The van der Waals surface area contributed by atoms with Crippen LogP contribution in [0.3, 0.4) is 0 Å². The molecule has 1 heterocycles. The van der Waals surface area contributed by atoms with E-state index in [-0.39, 0.29) is 0 Å². The molecule has 9 rings (SSSR count). The van der Waals surface area contributed by atoms with Crippen LogP contribution in [-0.4, -0.2) is 18.4 Å². The lowest BCUT2D eigenvalue weighted by Gasteiger charge is -2.09. The summed E-state index contributed by atoms with van der Waals surface area (Å²) in [7, 11) is 0. The predicted octanol–water partition coefficient (Wildman–Crippen LogP) is 13.3. The number of amidine groups is 2. The van der Waals surface area contributed by atoms with E-state index in [0.29, 0.717) is 18.2 Å². The van der Waals surface area contributed by atoms with E-state index >= 15 is 0 Å². The van der Waals surface area contributed by atoms with Crippen LogP contribution < -0.4 is 0 Å². The third-order valence-electron chi connectivity index (χ3n) is 10.2. The zero-order chi connectivity index (χ0) is 37.7. The van der Waals surface area contributed by atoms with Crippen molar-refractivity contribution >= 4 is 40.3 Å². The highest BCUT2D eigenvalue weighted by Gasteiger charge is 2.18. The minimum atomic E-state index is 0.448. The summed E-state index contributed by atoms with van der Waals surface area (Å²) in [5, 5.41) is 1.92. The first-order valence-electron chi connectivity index (χ1n) is 18.7. The van der Waals surface area contributed by atoms with Crippen LogP contribution >= 0.6 is 0 Å². The highest BCUT2D eigenvalue weighted by Crippen LogP contribution is 2.38. The quantitative estimate of drug-likeness (QED) is 0.114. The number of fused-ring (bicyclic) bond motifs is 3. The Labute approximate surface area is 326 Å². The van der Waals surface area contributed by atoms with Gasteiger partial charge in [-0.25, -0.2) is 9.98 Å². The Morgan fingerprint density at radius 2 is 0.946 bits per heavy atom. The fourth-order valence-electron chi connectivity index (χ4n) is 7.25. The van der Waals surface area contributed by atoms with Crippen LogP contribution in [0.5, 0.6) is 0 Å². The first-order valence-corrected chi connectivity index (χ1v) is 18.7. The van der Waals surface area contributed by atoms with Crippen molar-refractivity contribution in [3.63, 3.8) is 0 Å². The van der Waals surface area contributed by atoms with Crippen LogP contribution in [0.2, 0.25) is 0 Å². The standard InChI is InChI=1S/C52H37N3O/c1-53-52(47-21-12-22-48-49(47)46-20-11-19-45(50(46)56-48)43-31-27-41(28-32-43)38-15-7-3-8-16-38)55-51(44-33-29-42(30-34-44)39-17-9-4-10-18-39)54-35-36-23-25-40(26-24-36)37-13-5-2-6-14-37/h2-34H,1,35H2/b54-51-,55-52-. The summed E-state index contributed by atoms with van der Waals surface area (Å²) in [4.78, 5) is 14.8. The van der Waals surface area contributed by atoms with E-state index < -0.39 is 0 Å². The van der Waals surface area contributed by atoms with E-state index in [2.05, 4.69) is 176 Å². The van der Waals surface area contributed by atoms with Crippen LogP contribution in [0.25, 0.3) is 66.4 Å². The lowest BCUT2D eigenvalue weighted by atomic mass is 9.98. The molecule has 0 unspecified atom stereocenters. The molecule has 56 heavy (non-hydrogen) atoms. The highest BCUT2D eigenvalue weighted by atomic mass is 16.3. The van der Waals surface area contributed by atoms with Crippen molar-refractivity contribution in [1.29, 1.82) is 0 Å². The van der Waals surface area contributed by atoms with Gasteiger partial charge in [-0.05, 0) is 57.3 Å². The van der Waals surface area contributed by atoms with Gasteiger partial charge in [0, 0.05) is 27.5 Å². The molecule has 266 valence electrons. The molecule has 1 aromatic heterocycles. The molecule has 4 heteroatoms. The zero-order valence-corrected chi connectivity index (χ0v) is 30.7. The summed E-state index contributed by atoms with van der Waals surface area (Å²) >= 11 is 0. The molecule has 0 bridgehead atoms. The smallest absolute Gasteiger partial charge is 0.161 e. The summed E-state index contributed by atoms with van der Waals surface area (Å²) in [6.07, 6.45) is 0. The van der Waals surface area contributed by atoms with Crippen molar-refractivity contribution in [2.75, 3.05) is 0 Å². The van der Waals surface area contributed by atoms with Gasteiger partial charge in [-0.15, -0.1) is 0 Å². The van der Waals surface area contributed by atoms with E-state index in [1.165, 1.54) is 22.3 Å². The van der Waals surface area contributed by atoms with Crippen molar-refractivity contribution in [2.24, 2.45) is 15.0 Å². The molecule has 0 radical (unpaired) electrons. The molecule has 8 aromatic carbocycles. The van der Waals surface area contributed by atoms with Gasteiger partial charge >= 0.3 is 0 Å². The first-order chi connectivity index (χ1) is 27.7. The maximum absolute atomic E-state index is 6.63. The average Bonchev–Trinajstić information content (AvgIpc) is 3.67. The molecule has 0 saturated heterocycles. The molecule has 0 aliphatic heterocycles. The normalized spacial score (nSPS) is 11.9. The van der Waals surface area contributed by atoms with Gasteiger partial charge in [-0.2, -0.15) is 0 Å². The summed E-state index contributed by atoms with van der Waals surface area (Å²) < 4.78 is 6.63. The third-order valence-corrected chi connectivity index (χ3v) is 10.2. The topological polar surface area (TPSA) is 50.2 Å². The fraction of sp³-hybridized carbons (Fsp3) is 0.0192. The molecule has 0 fully saturated rings. The van der Waals surface area contributed by atoms with E-state index in [0.717, 1.165) is 60.9 Å². The van der Waals surface area contributed by atoms with E-state index in [9.17, 15) is 0 Å². The Bertz CT molecular complexity index is 2840. The molecule has 0 atom stereocenters. The van der Waals surface area contributed by atoms with Crippen molar-refractivity contribution in [3.8, 4) is 44.5 Å². The minimum absolute atomic E-state index is 0.448. The van der Waals surface area contributed by atoms with Gasteiger partial charge in [0.2, 0.25) is 0 Å². The minimum Gasteiger partial charge on any atom is -0.455 e. The molecular formula is C52H37N3O. The zero-order valence-electron chi connectivity index (χ0n) is 30.7. The number of aliphatic imine (C=N–C) groups is 3. The maximum atomic E-state index is 6.63. The van der Waals surface area contributed by atoms with Gasteiger partial charge < -0.3 is 4.42 Å². The average molecular weight is 720 g/mol. The summed E-state index contributed by atoms with van der Waals surface area (Å²) in [5.41, 5.74) is 13.4. The molecule has 0 N–H and O–H groups in total. The number of nitrogens with zero attached hydrogens (tertiary/aromatic N) is 3. The SMILES string of the molecule is C=N/C(=N\C(=N/Cc1ccc(-c2ccccc2)cc1)c1ccc(-c2ccccc2)cc1)c1cccc2oc3c(-c4ccc(-c5ccccc5)cc4)cccc3c12. The summed E-state index contributed by atoms with van der Waals surface area (Å²) in [5.74, 6) is 1.05. The first kappa shape index (κ1) is 34.3. The molecule has 4 nitrogen and oxygen atoms in total. The van der Waals surface area contributed by atoms with Crippen LogP contribution in [0.1, 0.15) is 16.7 Å². The van der Waals surface area contributed by atoms with Crippen LogP contribution in [0, 0.1) is 0 Å². The summed E-state index contributed by atoms with van der Waals surface area (Å²) in [6, 6.07) is 69.0. The Kier molecular flexibility index (Phi) is 9.51.